The van der Waals surface area contributed by atoms with Crippen molar-refractivity contribution in [1.82, 2.24) is 9.55 Å². The van der Waals surface area contributed by atoms with Crippen LogP contribution < -0.4 is 5.32 Å². The summed E-state index contributed by atoms with van der Waals surface area (Å²) in [5.74, 6) is -0.304. The Morgan fingerprint density at radius 2 is 2.30 bits per heavy atom. The number of imidazole rings is 1. The molecule has 0 bridgehead atoms. The van der Waals surface area contributed by atoms with Crippen LogP contribution in [0.15, 0.2) is 40.6 Å². The van der Waals surface area contributed by atoms with Gasteiger partial charge in [0.05, 0.1) is 5.69 Å². The van der Waals surface area contributed by atoms with Crippen LogP contribution in [-0.4, -0.2) is 15.5 Å². The van der Waals surface area contributed by atoms with Crippen molar-refractivity contribution < 1.29 is 9.18 Å². The molecule has 1 aromatic carbocycles. The number of hydrogen-bond acceptors (Lipinski definition) is 3. The Morgan fingerprint density at radius 1 is 1.50 bits per heavy atom. The summed E-state index contributed by atoms with van der Waals surface area (Å²) in [7, 11) is 1.89. The number of nitrogens with zero attached hydrogens (tertiary/aromatic N) is 2. The number of nitrogens with one attached hydrogen (secondary N) is 1. The second-order valence-electron chi connectivity index (χ2n) is 4.83. The van der Waals surface area contributed by atoms with Crippen molar-refractivity contribution in [3.63, 3.8) is 0 Å². The number of benzene rings is 1. The molecule has 20 heavy (non-hydrogen) atoms. The average molecular weight is 291 g/mol. The third-order valence-electron chi connectivity index (χ3n) is 3.13. The van der Waals surface area contributed by atoms with Gasteiger partial charge in [-0.2, -0.15) is 0 Å². The maximum Gasteiger partial charge on any atom is 0.227 e. The zero-order valence-corrected chi connectivity index (χ0v) is 11.8. The molecular weight excluding hydrogens is 277 g/mol. The molecule has 0 aliphatic heterocycles. The van der Waals surface area contributed by atoms with Crippen LogP contribution in [0, 0.1) is 11.7 Å². The van der Waals surface area contributed by atoms with Gasteiger partial charge in [0.15, 0.2) is 5.16 Å². The molecule has 4 nitrogen and oxygen atoms in total. The monoisotopic (exact) mass is 291 g/mol. The summed E-state index contributed by atoms with van der Waals surface area (Å²) >= 11 is 1.40. The van der Waals surface area contributed by atoms with Gasteiger partial charge in [-0.3, -0.25) is 4.79 Å². The fourth-order valence-electron chi connectivity index (χ4n) is 1.82. The number of hydrogen-bond donors (Lipinski definition) is 1. The SMILES string of the molecule is Cn1ccnc1Sc1ccc(F)cc1NC(=O)C1CC1. The first-order valence-electron chi connectivity index (χ1n) is 6.39. The molecule has 1 saturated carbocycles. The topological polar surface area (TPSA) is 46.9 Å². The summed E-state index contributed by atoms with van der Waals surface area (Å²) in [6.07, 6.45) is 5.38. The number of aryl methyl sites for hydroxylation is 1. The van der Waals surface area contributed by atoms with Gasteiger partial charge >= 0.3 is 0 Å². The van der Waals surface area contributed by atoms with Gasteiger partial charge in [-0.25, -0.2) is 9.37 Å². The second-order valence-corrected chi connectivity index (χ2v) is 5.84. The van der Waals surface area contributed by atoms with Crippen molar-refractivity contribution in [2.24, 2.45) is 13.0 Å². The molecule has 1 aliphatic carbocycles. The van der Waals surface area contributed by atoms with Crippen LogP contribution in [-0.2, 0) is 11.8 Å². The van der Waals surface area contributed by atoms with E-state index in [4.69, 9.17) is 0 Å². The third-order valence-corrected chi connectivity index (χ3v) is 4.28. The summed E-state index contributed by atoms with van der Waals surface area (Å²) in [5.41, 5.74) is 0.509. The Labute approximate surface area is 120 Å². The van der Waals surface area contributed by atoms with Gasteiger partial charge in [-0.05, 0) is 42.8 Å². The lowest BCUT2D eigenvalue weighted by molar-refractivity contribution is -0.117. The molecule has 1 aliphatic rings. The molecule has 0 spiro atoms. The number of anilines is 1. The Kier molecular flexibility index (Phi) is 3.48. The van der Waals surface area contributed by atoms with E-state index in [1.165, 1.54) is 23.9 Å². The van der Waals surface area contributed by atoms with Gasteiger partial charge < -0.3 is 9.88 Å². The van der Waals surface area contributed by atoms with Crippen molar-refractivity contribution in [2.75, 3.05) is 5.32 Å². The Balaban J connectivity index is 1.85. The molecule has 0 unspecified atom stereocenters. The predicted molar refractivity (Wildman–Crippen MR) is 75.1 cm³/mol. The third kappa shape index (κ3) is 2.85. The molecule has 0 radical (unpaired) electrons. The molecular formula is C14H14FN3OS. The molecule has 3 rings (SSSR count). The molecule has 1 heterocycles. The molecule has 2 aromatic rings. The van der Waals surface area contributed by atoms with E-state index in [9.17, 15) is 9.18 Å². The Hall–Kier alpha value is -1.82. The van der Waals surface area contributed by atoms with Gasteiger partial charge in [0.25, 0.3) is 0 Å². The first-order valence-corrected chi connectivity index (χ1v) is 7.21. The van der Waals surface area contributed by atoms with E-state index in [1.807, 2.05) is 17.8 Å². The van der Waals surface area contributed by atoms with Crippen LogP contribution in [0.3, 0.4) is 0 Å². The largest absolute Gasteiger partial charge is 0.329 e. The summed E-state index contributed by atoms with van der Waals surface area (Å²) in [5, 5.41) is 3.60. The molecule has 6 heteroatoms. The average Bonchev–Trinajstić information content (AvgIpc) is 3.18. The van der Waals surface area contributed by atoms with E-state index < -0.39 is 0 Å². The number of rotatable bonds is 4. The highest BCUT2D eigenvalue weighted by Gasteiger charge is 2.30. The van der Waals surface area contributed by atoms with Crippen LogP contribution in [0.25, 0.3) is 0 Å². The second kappa shape index (κ2) is 5.28. The maximum atomic E-state index is 13.4. The highest BCUT2D eigenvalue weighted by molar-refractivity contribution is 7.99. The first kappa shape index (κ1) is 13.2. The van der Waals surface area contributed by atoms with Crippen molar-refractivity contribution in [1.29, 1.82) is 0 Å². The minimum atomic E-state index is -0.361. The Morgan fingerprint density at radius 3 is 2.95 bits per heavy atom. The van der Waals surface area contributed by atoms with E-state index >= 15 is 0 Å². The lowest BCUT2D eigenvalue weighted by atomic mass is 10.3. The summed E-state index contributed by atoms with van der Waals surface area (Å²) in [4.78, 5) is 16.9. The van der Waals surface area contributed by atoms with Gasteiger partial charge in [-0.1, -0.05) is 0 Å². The lowest BCUT2D eigenvalue weighted by Crippen LogP contribution is -2.14. The highest BCUT2D eigenvalue weighted by Crippen LogP contribution is 2.35. The van der Waals surface area contributed by atoms with E-state index in [1.54, 1.807) is 12.3 Å². The van der Waals surface area contributed by atoms with E-state index in [-0.39, 0.29) is 17.6 Å². The van der Waals surface area contributed by atoms with Crippen LogP contribution >= 0.6 is 11.8 Å². The fourth-order valence-corrected chi connectivity index (χ4v) is 2.69. The summed E-state index contributed by atoms with van der Waals surface area (Å²) in [6.45, 7) is 0. The van der Waals surface area contributed by atoms with Gasteiger partial charge in [0, 0.05) is 30.3 Å². The molecule has 0 atom stereocenters. The maximum absolute atomic E-state index is 13.4. The van der Waals surface area contributed by atoms with Crippen molar-refractivity contribution >= 4 is 23.4 Å². The number of halogens is 1. The van der Waals surface area contributed by atoms with E-state index in [0.29, 0.717) is 5.69 Å². The number of carbonyl (C=O) groups excluding carboxylic acids is 1. The zero-order valence-electron chi connectivity index (χ0n) is 11.0. The molecule has 1 aromatic heterocycles. The van der Waals surface area contributed by atoms with E-state index in [2.05, 4.69) is 10.3 Å². The summed E-state index contributed by atoms with van der Waals surface area (Å²) < 4.78 is 15.3. The summed E-state index contributed by atoms with van der Waals surface area (Å²) in [6, 6.07) is 4.40. The molecule has 0 saturated heterocycles. The normalized spacial score (nSPS) is 14.3. The van der Waals surface area contributed by atoms with Crippen LogP contribution in [0.4, 0.5) is 10.1 Å². The van der Waals surface area contributed by atoms with Crippen molar-refractivity contribution in [2.45, 2.75) is 22.9 Å². The smallest absolute Gasteiger partial charge is 0.227 e. The number of amides is 1. The minimum absolute atomic E-state index is 0.0303. The minimum Gasteiger partial charge on any atom is -0.329 e. The fraction of sp³-hybridized carbons (Fsp3) is 0.286. The quantitative estimate of drug-likeness (QED) is 0.941. The van der Waals surface area contributed by atoms with Crippen LogP contribution in [0.2, 0.25) is 0 Å². The number of aromatic nitrogens is 2. The molecule has 1 N–H and O–H groups in total. The van der Waals surface area contributed by atoms with E-state index in [0.717, 1.165) is 22.9 Å². The van der Waals surface area contributed by atoms with Crippen molar-refractivity contribution in [3.05, 3.63) is 36.4 Å². The predicted octanol–water partition coefficient (Wildman–Crippen LogP) is 3.06. The number of carbonyl (C=O) groups is 1. The highest BCUT2D eigenvalue weighted by atomic mass is 32.2. The van der Waals surface area contributed by atoms with Gasteiger partial charge in [0.1, 0.15) is 5.82 Å². The molecule has 1 fully saturated rings. The first-order chi connectivity index (χ1) is 9.63. The van der Waals surface area contributed by atoms with Crippen LogP contribution in [0.1, 0.15) is 12.8 Å². The molecule has 1 amide bonds. The standard InChI is InChI=1S/C14H14FN3OS/c1-18-7-6-16-14(18)20-12-5-4-10(15)8-11(12)17-13(19)9-2-3-9/h4-9H,2-3H2,1H3,(H,17,19). The van der Waals surface area contributed by atoms with Crippen molar-refractivity contribution in [3.8, 4) is 0 Å². The Bertz CT molecular complexity index is 652. The lowest BCUT2D eigenvalue weighted by Gasteiger charge is -2.10. The zero-order chi connectivity index (χ0) is 14.1. The molecule has 104 valence electrons. The van der Waals surface area contributed by atoms with Gasteiger partial charge in [0.2, 0.25) is 5.91 Å². The van der Waals surface area contributed by atoms with Gasteiger partial charge in [-0.15, -0.1) is 0 Å². The van der Waals surface area contributed by atoms with Crippen LogP contribution in [0.5, 0.6) is 0 Å².